The van der Waals surface area contributed by atoms with Gasteiger partial charge in [0.15, 0.2) is 0 Å². The number of rotatable bonds is 5. The molecular weight excluding hydrogens is 265 g/mol. The molecule has 0 radical (unpaired) electrons. The molecule has 0 rings (SSSR count). The Morgan fingerprint density at radius 3 is 1.67 bits per heavy atom. The van der Waals surface area contributed by atoms with Crippen molar-refractivity contribution in [2.75, 3.05) is 0 Å². The van der Waals surface area contributed by atoms with E-state index in [9.17, 15) is 9.59 Å². The Bertz CT molecular complexity index is 248. The summed E-state index contributed by atoms with van der Waals surface area (Å²) in [4.78, 5) is 20.2. The smallest absolute Gasteiger partial charge is 0.370 e. The normalized spacial score (nSPS) is 11.7. The van der Waals surface area contributed by atoms with Crippen LogP contribution in [-0.2, 0) is 29.1 Å². The molecule has 9 heteroatoms. The van der Waals surface area contributed by atoms with E-state index in [1.807, 2.05) is 0 Å². The first kappa shape index (κ1) is 16.8. The van der Waals surface area contributed by atoms with Gasteiger partial charge in [0.1, 0.15) is 0 Å². The van der Waals surface area contributed by atoms with Crippen LogP contribution in [0.5, 0.6) is 0 Å². The summed E-state index contributed by atoms with van der Waals surface area (Å²) >= 11 is 0. The Morgan fingerprint density at radius 1 is 1.00 bits per heavy atom. The van der Waals surface area contributed by atoms with Gasteiger partial charge in [0.05, 0.1) is 6.42 Å². The Kier molecular flexibility index (Phi) is 6.14. The second-order valence-electron chi connectivity index (χ2n) is 2.69. The summed E-state index contributed by atoms with van der Waals surface area (Å²) in [6, 6.07) is 0. The van der Waals surface area contributed by atoms with Gasteiger partial charge in [-0.3, -0.25) is 4.79 Å². The van der Waals surface area contributed by atoms with Crippen molar-refractivity contribution in [2.45, 2.75) is 24.4 Å². The minimum absolute atomic E-state index is 0. The van der Waals surface area contributed by atoms with Crippen LogP contribution in [-0.4, -0.2) is 54.2 Å². The van der Waals surface area contributed by atoms with E-state index in [4.69, 9.17) is 30.6 Å². The van der Waals surface area contributed by atoms with Gasteiger partial charge in [-0.1, -0.05) is 0 Å². The average molecular weight is 276 g/mol. The molecule has 0 saturated heterocycles. The van der Waals surface area contributed by atoms with Crippen molar-refractivity contribution < 1.29 is 59.7 Å². The molecule has 6 N–H and O–H groups in total. The largest absolute Gasteiger partial charge is 0.481 e. The van der Waals surface area contributed by atoms with Crippen molar-refractivity contribution in [3.63, 3.8) is 0 Å². The van der Waals surface area contributed by atoms with Gasteiger partial charge in [-0.15, -0.1) is 0 Å². The Morgan fingerprint density at radius 2 is 1.40 bits per heavy atom. The number of carbonyl (C=O) groups is 2. The third-order valence-corrected chi connectivity index (χ3v) is 1.54. The summed E-state index contributed by atoms with van der Waals surface area (Å²) < 4.78 is 0. The second-order valence-corrected chi connectivity index (χ2v) is 2.69. The maximum atomic E-state index is 10.1. The number of carboxylic acids is 2. The maximum absolute atomic E-state index is 10.1. The van der Waals surface area contributed by atoms with Gasteiger partial charge >= 0.3 is 17.7 Å². The van der Waals surface area contributed by atoms with Crippen molar-refractivity contribution in [3.05, 3.63) is 0 Å². The fourth-order valence-electron chi connectivity index (χ4n) is 0.627. The van der Waals surface area contributed by atoms with Crippen LogP contribution in [0.1, 0.15) is 12.8 Å². The number of hydrogen-bond acceptors (Lipinski definition) is 6. The maximum Gasteiger partial charge on any atom is 0.370 e. The number of aliphatic hydroxyl groups is 4. The summed E-state index contributed by atoms with van der Waals surface area (Å²) in [6.07, 6.45) is -1.84. The van der Waals surface area contributed by atoms with Gasteiger partial charge in [-0.05, 0) is 0 Å². The molecule has 0 spiro atoms. The summed E-state index contributed by atoms with van der Waals surface area (Å²) in [7, 11) is 0. The van der Waals surface area contributed by atoms with E-state index in [1.165, 1.54) is 0 Å². The second kappa shape index (κ2) is 5.48. The van der Waals surface area contributed by atoms with Gasteiger partial charge in [0, 0.05) is 25.9 Å². The van der Waals surface area contributed by atoms with Crippen LogP contribution in [0.25, 0.3) is 0 Å². The van der Waals surface area contributed by atoms with Gasteiger partial charge < -0.3 is 30.6 Å². The fraction of sp³-hybridized carbons (Fsp3) is 0.667. The topological polar surface area (TPSA) is 156 Å². The standard InChI is InChI=1S/C6H10O8.Zn/c7-3(8)1-2-5(11,12)6(13,14)4(9)10;/h11-14H,1-2H2,(H,7,8)(H,9,10);. The van der Waals surface area contributed by atoms with Gasteiger partial charge in [0.25, 0.3) is 0 Å². The van der Waals surface area contributed by atoms with Gasteiger partial charge in [0.2, 0.25) is 5.79 Å². The average Bonchev–Trinajstić information content (AvgIpc) is 2.00. The minimum atomic E-state index is -3.80. The van der Waals surface area contributed by atoms with Crippen LogP contribution in [0.4, 0.5) is 0 Å². The zero-order chi connectivity index (χ0) is 11.6. The van der Waals surface area contributed by atoms with Crippen LogP contribution >= 0.6 is 0 Å². The summed E-state index contributed by atoms with van der Waals surface area (Å²) in [6.45, 7) is 0. The molecule has 0 aliphatic rings. The van der Waals surface area contributed by atoms with Gasteiger partial charge in [-0.2, -0.15) is 0 Å². The SMILES string of the molecule is O=C(O)CCC(O)(O)C(O)(O)C(=O)O.[Zn]. The van der Waals surface area contributed by atoms with E-state index in [2.05, 4.69) is 0 Å². The molecule has 0 aromatic carbocycles. The number of hydrogen-bond donors (Lipinski definition) is 6. The molecule has 0 bridgehead atoms. The van der Waals surface area contributed by atoms with E-state index in [-0.39, 0.29) is 19.5 Å². The zero-order valence-electron chi connectivity index (χ0n) is 7.62. The van der Waals surface area contributed by atoms with Crippen LogP contribution in [0.15, 0.2) is 0 Å². The first-order valence-corrected chi connectivity index (χ1v) is 3.46. The molecule has 0 amide bonds. The molecule has 0 atom stereocenters. The molecule has 0 aromatic rings. The third-order valence-electron chi connectivity index (χ3n) is 1.54. The van der Waals surface area contributed by atoms with Crippen molar-refractivity contribution in [1.82, 2.24) is 0 Å². The Labute approximate surface area is 96.5 Å². The molecule has 0 unspecified atom stereocenters. The van der Waals surface area contributed by atoms with Crippen LogP contribution in [0, 0.1) is 0 Å². The predicted molar refractivity (Wildman–Crippen MR) is 38.8 cm³/mol. The fourth-order valence-corrected chi connectivity index (χ4v) is 0.627. The van der Waals surface area contributed by atoms with E-state index >= 15 is 0 Å². The monoisotopic (exact) mass is 274 g/mol. The molecule has 0 fully saturated rings. The third kappa shape index (κ3) is 4.19. The molecule has 0 aliphatic heterocycles. The van der Waals surface area contributed by atoms with Crippen LogP contribution < -0.4 is 0 Å². The first-order valence-electron chi connectivity index (χ1n) is 3.46. The molecular formula is C6H10O8Zn. The van der Waals surface area contributed by atoms with Gasteiger partial charge in [-0.25, -0.2) is 4.79 Å². The quantitative estimate of drug-likeness (QED) is 0.234. The first-order chi connectivity index (χ1) is 6.11. The molecule has 0 aliphatic carbocycles. The predicted octanol–water partition coefficient (Wildman–Crippen LogP) is -2.70. The van der Waals surface area contributed by atoms with E-state index < -0.39 is 36.4 Å². The number of carboxylic acid groups (broad SMARTS) is 2. The van der Waals surface area contributed by atoms with E-state index in [0.717, 1.165) is 0 Å². The summed E-state index contributed by atoms with van der Waals surface area (Å²) in [5, 5.41) is 51.5. The zero-order valence-corrected chi connectivity index (χ0v) is 10.6. The molecule has 0 aromatic heterocycles. The molecule has 0 saturated carbocycles. The molecule has 0 heterocycles. The molecule has 15 heavy (non-hydrogen) atoms. The van der Waals surface area contributed by atoms with E-state index in [0.29, 0.717) is 0 Å². The minimum Gasteiger partial charge on any atom is -0.481 e. The summed E-state index contributed by atoms with van der Waals surface area (Å²) in [5.74, 6) is -10.9. The van der Waals surface area contributed by atoms with Crippen molar-refractivity contribution in [3.8, 4) is 0 Å². The molecule has 8 nitrogen and oxygen atoms in total. The van der Waals surface area contributed by atoms with Crippen molar-refractivity contribution in [2.24, 2.45) is 0 Å². The number of aliphatic carboxylic acids is 2. The van der Waals surface area contributed by atoms with Crippen LogP contribution in [0.2, 0.25) is 0 Å². The van der Waals surface area contributed by atoms with Crippen molar-refractivity contribution >= 4 is 11.9 Å². The summed E-state index contributed by atoms with van der Waals surface area (Å²) in [5.41, 5.74) is 0. The van der Waals surface area contributed by atoms with Crippen molar-refractivity contribution in [1.29, 1.82) is 0 Å². The Balaban J connectivity index is 0. The van der Waals surface area contributed by atoms with E-state index in [1.54, 1.807) is 0 Å². The van der Waals surface area contributed by atoms with Crippen LogP contribution in [0.3, 0.4) is 0 Å². The Hall–Kier alpha value is -0.597. The molecule has 84 valence electrons.